The van der Waals surface area contributed by atoms with Crippen LogP contribution >= 0.6 is 11.8 Å². The average Bonchev–Trinajstić information content (AvgIpc) is 2.83. The molecule has 0 saturated heterocycles. The molecule has 0 atom stereocenters. The maximum Gasteiger partial charge on any atom is 0.573 e. The van der Waals surface area contributed by atoms with Crippen molar-refractivity contribution >= 4 is 22.6 Å². The minimum Gasteiger partial charge on any atom is -0.406 e. The van der Waals surface area contributed by atoms with Gasteiger partial charge < -0.3 is 10.1 Å². The zero-order valence-electron chi connectivity index (χ0n) is 11.8. The Bertz CT molecular complexity index is 510. The maximum atomic E-state index is 12.1. The van der Waals surface area contributed by atoms with E-state index in [0.29, 0.717) is 5.69 Å². The van der Waals surface area contributed by atoms with E-state index in [1.54, 1.807) is 23.9 Å². The normalized spacial score (nSPS) is 17.5. The predicted octanol–water partition coefficient (Wildman–Crippen LogP) is 4.66. The van der Waals surface area contributed by atoms with Crippen molar-refractivity contribution in [1.29, 1.82) is 0 Å². The fraction of sp³-hybridized carbons (Fsp3) is 0.500. The van der Waals surface area contributed by atoms with Gasteiger partial charge in [0, 0.05) is 11.4 Å². The minimum absolute atomic E-state index is 0.0215. The first-order valence-electron chi connectivity index (χ1n) is 6.71. The van der Waals surface area contributed by atoms with Gasteiger partial charge in [-0.3, -0.25) is 4.99 Å². The molecule has 2 rings (SSSR count). The maximum absolute atomic E-state index is 12.1. The Kier molecular flexibility index (Phi) is 4.70. The lowest BCUT2D eigenvalue weighted by Gasteiger charge is -2.20. The lowest BCUT2D eigenvalue weighted by atomic mass is 9.97. The molecule has 21 heavy (non-hydrogen) atoms. The van der Waals surface area contributed by atoms with Crippen LogP contribution in [0.15, 0.2) is 29.3 Å². The van der Waals surface area contributed by atoms with E-state index >= 15 is 0 Å². The number of hydrogen-bond acceptors (Lipinski definition) is 4. The SMILES string of the molecule is CCC1(CC)CSC(Nc2ccc(OC(F)(F)F)cc2)=N1. The highest BCUT2D eigenvalue weighted by Gasteiger charge is 2.32. The monoisotopic (exact) mass is 318 g/mol. The second-order valence-electron chi connectivity index (χ2n) is 4.83. The van der Waals surface area contributed by atoms with E-state index < -0.39 is 6.36 Å². The fourth-order valence-electron chi connectivity index (χ4n) is 2.02. The molecular formula is C14H17F3N2OS. The van der Waals surface area contributed by atoms with Gasteiger partial charge in [-0.15, -0.1) is 13.2 Å². The molecule has 1 heterocycles. The quantitative estimate of drug-likeness (QED) is 0.876. The Morgan fingerprint density at radius 1 is 1.24 bits per heavy atom. The smallest absolute Gasteiger partial charge is 0.406 e. The van der Waals surface area contributed by atoms with Crippen LogP contribution in [0.2, 0.25) is 0 Å². The van der Waals surface area contributed by atoms with Gasteiger partial charge in [0.25, 0.3) is 0 Å². The summed E-state index contributed by atoms with van der Waals surface area (Å²) < 4.78 is 40.0. The Labute approximate surface area is 126 Å². The molecular weight excluding hydrogens is 301 g/mol. The number of benzene rings is 1. The van der Waals surface area contributed by atoms with E-state index in [1.807, 2.05) is 0 Å². The van der Waals surface area contributed by atoms with E-state index in [-0.39, 0.29) is 11.3 Å². The van der Waals surface area contributed by atoms with Crippen LogP contribution in [0.4, 0.5) is 18.9 Å². The molecule has 3 nitrogen and oxygen atoms in total. The Morgan fingerprint density at radius 3 is 2.33 bits per heavy atom. The van der Waals surface area contributed by atoms with Crippen molar-refractivity contribution in [2.45, 2.75) is 38.6 Å². The number of alkyl halides is 3. The number of amidine groups is 1. The largest absolute Gasteiger partial charge is 0.573 e. The number of ether oxygens (including phenoxy) is 1. The summed E-state index contributed by atoms with van der Waals surface area (Å²) in [6, 6.07) is 5.65. The summed E-state index contributed by atoms with van der Waals surface area (Å²) in [5.41, 5.74) is 0.672. The van der Waals surface area contributed by atoms with Crippen LogP contribution in [0, 0.1) is 0 Å². The van der Waals surface area contributed by atoms with Crippen molar-refractivity contribution in [2.75, 3.05) is 11.1 Å². The van der Waals surface area contributed by atoms with Crippen molar-refractivity contribution in [1.82, 2.24) is 0 Å². The van der Waals surface area contributed by atoms with E-state index in [4.69, 9.17) is 4.99 Å². The zero-order chi connectivity index (χ0) is 15.5. The van der Waals surface area contributed by atoms with Gasteiger partial charge in [0.05, 0.1) is 5.54 Å². The summed E-state index contributed by atoms with van der Waals surface area (Å²) in [7, 11) is 0. The summed E-state index contributed by atoms with van der Waals surface area (Å²) in [4.78, 5) is 4.69. The van der Waals surface area contributed by atoms with Gasteiger partial charge in [-0.05, 0) is 37.1 Å². The molecule has 116 valence electrons. The number of nitrogens with zero attached hydrogens (tertiary/aromatic N) is 1. The molecule has 0 bridgehead atoms. The van der Waals surface area contributed by atoms with Gasteiger partial charge in [0.15, 0.2) is 5.17 Å². The summed E-state index contributed by atoms with van der Waals surface area (Å²) in [5, 5.41) is 3.94. The van der Waals surface area contributed by atoms with Gasteiger partial charge in [-0.1, -0.05) is 25.6 Å². The molecule has 1 aromatic rings. The number of anilines is 1. The third kappa shape index (κ3) is 4.30. The third-order valence-electron chi connectivity index (χ3n) is 3.47. The Hall–Kier alpha value is -1.37. The fourth-order valence-corrected chi connectivity index (χ4v) is 3.35. The van der Waals surface area contributed by atoms with E-state index in [9.17, 15) is 13.2 Å². The van der Waals surface area contributed by atoms with Crippen LogP contribution < -0.4 is 10.1 Å². The van der Waals surface area contributed by atoms with Gasteiger partial charge in [0.1, 0.15) is 5.75 Å². The number of hydrogen-bond donors (Lipinski definition) is 1. The van der Waals surface area contributed by atoms with Gasteiger partial charge in [-0.2, -0.15) is 0 Å². The van der Waals surface area contributed by atoms with Gasteiger partial charge in [0.2, 0.25) is 0 Å². The summed E-state index contributed by atoms with van der Waals surface area (Å²) in [5.74, 6) is 0.697. The number of aliphatic imine (C=N–C) groups is 1. The molecule has 0 amide bonds. The van der Waals surface area contributed by atoms with Crippen LogP contribution in [0.25, 0.3) is 0 Å². The molecule has 0 fully saturated rings. The minimum atomic E-state index is -4.66. The molecule has 0 aromatic heterocycles. The van der Waals surface area contributed by atoms with Crippen LogP contribution in [0.1, 0.15) is 26.7 Å². The van der Waals surface area contributed by atoms with E-state index in [0.717, 1.165) is 23.8 Å². The summed E-state index contributed by atoms with van der Waals surface area (Å²) >= 11 is 1.64. The summed E-state index contributed by atoms with van der Waals surface area (Å²) in [6.07, 6.45) is -2.72. The van der Waals surface area contributed by atoms with Crippen LogP contribution in [-0.4, -0.2) is 22.8 Å². The zero-order valence-corrected chi connectivity index (χ0v) is 12.6. The van der Waals surface area contributed by atoms with Crippen LogP contribution in [0.3, 0.4) is 0 Å². The second-order valence-corrected chi connectivity index (χ2v) is 5.80. The van der Waals surface area contributed by atoms with E-state index in [2.05, 4.69) is 23.9 Å². The third-order valence-corrected chi connectivity index (χ3v) is 4.62. The second kappa shape index (κ2) is 6.17. The highest BCUT2D eigenvalue weighted by Crippen LogP contribution is 2.34. The van der Waals surface area contributed by atoms with Crippen molar-refractivity contribution in [2.24, 2.45) is 4.99 Å². The Morgan fingerprint density at radius 2 is 1.86 bits per heavy atom. The van der Waals surface area contributed by atoms with Crippen molar-refractivity contribution < 1.29 is 17.9 Å². The molecule has 1 aromatic carbocycles. The first kappa shape index (κ1) is 16.0. The number of thioether (sulfide) groups is 1. The lowest BCUT2D eigenvalue weighted by Crippen LogP contribution is -2.24. The van der Waals surface area contributed by atoms with Gasteiger partial charge >= 0.3 is 6.36 Å². The van der Waals surface area contributed by atoms with Crippen molar-refractivity contribution in [3.63, 3.8) is 0 Å². The summed E-state index contributed by atoms with van der Waals surface area (Å²) in [6.45, 7) is 4.22. The molecule has 0 radical (unpaired) electrons. The topological polar surface area (TPSA) is 33.6 Å². The predicted molar refractivity (Wildman–Crippen MR) is 80.0 cm³/mol. The standard InChI is InChI=1S/C14H17F3N2OS/c1-3-13(4-2)9-21-12(19-13)18-10-5-7-11(8-6-10)20-14(15,16)17/h5-8H,3-4,9H2,1-2H3,(H,18,19). The highest BCUT2D eigenvalue weighted by atomic mass is 32.2. The molecule has 0 aliphatic carbocycles. The molecule has 1 aliphatic heterocycles. The number of rotatable bonds is 4. The highest BCUT2D eigenvalue weighted by molar-refractivity contribution is 8.14. The molecule has 0 unspecified atom stereocenters. The molecule has 7 heteroatoms. The molecule has 1 aliphatic rings. The first-order chi connectivity index (χ1) is 9.86. The molecule has 0 saturated carbocycles. The number of nitrogens with one attached hydrogen (secondary N) is 1. The average molecular weight is 318 g/mol. The van der Waals surface area contributed by atoms with Crippen LogP contribution in [0.5, 0.6) is 5.75 Å². The van der Waals surface area contributed by atoms with E-state index in [1.165, 1.54) is 12.1 Å². The van der Waals surface area contributed by atoms with Gasteiger partial charge in [-0.25, -0.2) is 0 Å². The lowest BCUT2D eigenvalue weighted by molar-refractivity contribution is -0.274. The van der Waals surface area contributed by atoms with Crippen molar-refractivity contribution in [3.05, 3.63) is 24.3 Å². The van der Waals surface area contributed by atoms with Crippen molar-refractivity contribution in [3.8, 4) is 5.75 Å². The Balaban J connectivity index is 2.01. The molecule has 1 N–H and O–H groups in total. The van der Waals surface area contributed by atoms with Crippen LogP contribution in [-0.2, 0) is 0 Å². The molecule has 0 spiro atoms. The number of halogens is 3. The first-order valence-corrected chi connectivity index (χ1v) is 7.70.